The highest BCUT2D eigenvalue weighted by Gasteiger charge is 2.24. The molecule has 1 aliphatic heterocycles. The molecule has 1 saturated heterocycles. The lowest BCUT2D eigenvalue weighted by molar-refractivity contribution is 0.0610. The van der Waals surface area contributed by atoms with Crippen molar-refractivity contribution in [2.24, 2.45) is 0 Å². The number of carbonyl (C=O) groups is 2. The highest BCUT2D eigenvalue weighted by atomic mass is 16.5. The SMILES string of the molecule is COc1ccc(-c2noc(CN3CCN(C(=O)c4cc(C(C)=O)c[nH]4)CC3)n2)cc1. The minimum atomic E-state index is -0.0956. The number of benzene rings is 1. The number of ether oxygens (including phenoxy) is 1. The maximum absolute atomic E-state index is 12.6. The Morgan fingerprint density at radius 1 is 1.17 bits per heavy atom. The normalized spacial score (nSPS) is 14.7. The van der Waals surface area contributed by atoms with Crippen LogP contribution in [-0.4, -0.2) is 69.9 Å². The van der Waals surface area contributed by atoms with E-state index in [1.54, 1.807) is 24.3 Å². The van der Waals surface area contributed by atoms with Gasteiger partial charge in [0.25, 0.3) is 5.91 Å². The van der Waals surface area contributed by atoms with Gasteiger partial charge in [-0.1, -0.05) is 5.16 Å². The molecule has 9 heteroatoms. The molecule has 1 amide bonds. The van der Waals surface area contributed by atoms with E-state index in [4.69, 9.17) is 9.26 Å². The van der Waals surface area contributed by atoms with Crippen LogP contribution < -0.4 is 4.74 Å². The predicted molar refractivity (Wildman–Crippen MR) is 108 cm³/mol. The summed E-state index contributed by atoms with van der Waals surface area (Å²) < 4.78 is 10.6. The number of H-pyrrole nitrogens is 1. The van der Waals surface area contributed by atoms with E-state index in [0.29, 0.717) is 55.7 Å². The summed E-state index contributed by atoms with van der Waals surface area (Å²) in [5, 5.41) is 4.06. The third-order valence-electron chi connectivity index (χ3n) is 5.15. The second-order valence-electron chi connectivity index (χ2n) is 7.17. The Hall–Kier alpha value is -3.46. The van der Waals surface area contributed by atoms with Crippen molar-refractivity contribution in [1.82, 2.24) is 24.9 Å². The number of ketones is 1. The zero-order valence-electron chi connectivity index (χ0n) is 16.9. The number of amides is 1. The van der Waals surface area contributed by atoms with Gasteiger partial charge in [0.2, 0.25) is 11.7 Å². The van der Waals surface area contributed by atoms with E-state index in [9.17, 15) is 9.59 Å². The summed E-state index contributed by atoms with van der Waals surface area (Å²) in [6, 6.07) is 9.08. The maximum atomic E-state index is 12.6. The Morgan fingerprint density at radius 3 is 2.53 bits per heavy atom. The molecule has 0 bridgehead atoms. The van der Waals surface area contributed by atoms with Crippen molar-refractivity contribution in [2.75, 3.05) is 33.3 Å². The van der Waals surface area contributed by atoms with Crippen LogP contribution in [0.15, 0.2) is 41.1 Å². The van der Waals surface area contributed by atoms with Gasteiger partial charge in [-0.25, -0.2) is 0 Å². The second-order valence-corrected chi connectivity index (χ2v) is 7.17. The lowest BCUT2D eigenvalue weighted by atomic mass is 10.2. The van der Waals surface area contributed by atoms with Gasteiger partial charge < -0.3 is 19.1 Å². The molecule has 0 unspecified atom stereocenters. The zero-order chi connectivity index (χ0) is 21.1. The minimum absolute atomic E-state index is 0.0660. The molecule has 1 N–H and O–H groups in total. The number of aromatic nitrogens is 3. The van der Waals surface area contributed by atoms with Gasteiger partial charge in [-0.3, -0.25) is 14.5 Å². The molecule has 0 aliphatic carbocycles. The van der Waals surface area contributed by atoms with E-state index in [-0.39, 0.29) is 11.7 Å². The van der Waals surface area contributed by atoms with Crippen LogP contribution in [-0.2, 0) is 6.54 Å². The molecule has 1 fully saturated rings. The number of hydrogen-bond acceptors (Lipinski definition) is 7. The molecule has 9 nitrogen and oxygen atoms in total. The summed E-state index contributed by atoms with van der Waals surface area (Å²) >= 11 is 0. The van der Waals surface area contributed by atoms with Crippen LogP contribution in [0.25, 0.3) is 11.4 Å². The number of hydrogen-bond donors (Lipinski definition) is 1. The molecular weight excluding hydrogens is 386 g/mol. The van der Waals surface area contributed by atoms with Gasteiger partial charge in [0.05, 0.1) is 13.7 Å². The zero-order valence-corrected chi connectivity index (χ0v) is 16.9. The molecule has 3 aromatic rings. The number of rotatable bonds is 6. The van der Waals surface area contributed by atoms with E-state index in [1.807, 2.05) is 24.3 Å². The van der Waals surface area contributed by atoms with E-state index in [2.05, 4.69) is 20.0 Å². The van der Waals surface area contributed by atoms with Gasteiger partial charge >= 0.3 is 0 Å². The van der Waals surface area contributed by atoms with Crippen molar-refractivity contribution >= 4 is 11.7 Å². The first-order valence-corrected chi connectivity index (χ1v) is 9.71. The Balaban J connectivity index is 1.32. The predicted octanol–water partition coefficient (Wildman–Crippen LogP) is 2.23. The first kappa shape index (κ1) is 19.8. The summed E-state index contributed by atoms with van der Waals surface area (Å²) in [7, 11) is 1.62. The number of nitrogens with one attached hydrogen (secondary N) is 1. The summed E-state index contributed by atoms with van der Waals surface area (Å²) in [4.78, 5) is 35.4. The molecule has 0 saturated carbocycles. The fourth-order valence-corrected chi connectivity index (χ4v) is 3.37. The van der Waals surface area contributed by atoms with E-state index < -0.39 is 0 Å². The van der Waals surface area contributed by atoms with E-state index in [0.717, 1.165) is 11.3 Å². The minimum Gasteiger partial charge on any atom is -0.497 e. The van der Waals surface area contributed by atoms with Crippen LogP contribution >= 0.6 is 0 Å². The number of nitrogens with zero attached hydrogens (tertiary/aromatic N) is 4. The highest BCUT2D eigenvalue weighted by molar-refractivity contribution is 5.99. The Bertz CT molecular complexity index is 1030. The van der Waals surface area contributed by atoms with Gasteiger partial charge in [0, 0.05) is 43.5 Å². The van der Waals surface area contributed by atoms with Crippen LogP contribution in [0.4, 0.5) is 0 Å². The van der Waals surface area contributed by atoms with Crippen LogP contribution in [0.3, 0.4) is 0 Å². The number of piperazine rings is 1. The molecule has 4 rings (SSSR count). The molecule has 3 heterocycles. The molecule has 0 spiro atoms. The first-order valence-electron chi connectivity index (χ1n) is 9.71. The van der Waals surface area contributed by atoms with Crippen LogP contribution in [0.2, 0.25) is 0 Å². The average molecular weight is 409 g/mol. The number of carbonyl (C=O) groups excluding carboxylic acids is 2. The van der Waals surface area contributed by atoms with Crippen molar-refractivity contribution in [3.63, 3.8) is 0 Å². The van der Waals surface area contributed by atoms with Crippen LogP contribution in [0.5, 0.6) is 5.75 Å². The fraction of sp³-hybridized carbons (Fsp3) is 0.333. The average Bonchev–Trinajstić information content (AvgIpc) is 3.44. The molecule has 0 radical (unpaired) electrons. The highest BCUT2D eigenvalue weighted by Crippen LogP contribution is 2.20. The molecule has 2 aromatic heterocycles. The van der Waals surface area contributed by atoms with Crippen molar-refractivity contribution in [3.05, 3.63) is 53.7 Å². The topological polar surface area (TPSA) is 105 Å². The fourth-order valence-electron chi connectivity index (χ4n) is 3.37. The smallest absolute Gasteiger partial charge is 0.270 e. The molecule has 156 valence electrons. The van der Waals surface area contributed by atoms with Crippen LogP contribution in [0.1, 0.15) is 33.7 Å². The summed E-state index contributed by atoms with van der Waals surface area (Å²) in [5.41, 5.74) is 1.81. The third-order valence-corrected chi connectivity index (χ3v) is 5.15. The molecule has 30 heavy (non-hydrogen) atoms. The Labute approximate surface area is 173 Å². The number of methoxy groups -OCH3 is 1. The van der Waals surface area contributed by atoms with Crippen LogP contribution in [0, 0.1) is 0 Å². The van der Waals surface area contributed by atoms with Crippen molar-refractivity contribution < 1.29 is 18.8 Å². The Kier molecular flexibility index (Phi) is 5.62. The van der Waals surface area contributed by atoms with Crippen molar-refractivity contribution in [2.45, 2.75) is 13.5 Å². The lowest BCUT2D eigenvalue weighted by Crippen LogP contribution is -2.48. The van der Waals surface area contributed by atoms with Gasteiger partial charge in [-0.05, 0) is 37.3 Å². The monoisotopic (exact) mass is 409 g/mol. The van der Waals surface area contributed by atoms with Crippen molar-refractivity contribution in [1.29, 1.82) is 0 Å². The summed E-state index contributed by atoms with van der Waals surface area (Å²) in [6.45, 7) is 4.59. The third kappa shape index (κ3) is 4.25. The number of Topliss-reactive ketones (excluding diaryl/α,β-unsaturated/α-hetero) is 1. The van der Waals surface area contributed by atoms with E-state index >= 15 is 0 Å². The van der Waals surface area contributed by atoms with Gasteiger partial charge in [-0.2, -0.15) is 4.98 Å². The van der Waals surface area contributed by atoms with Crippen molar-refractivity contribution in [3.8, 4) is 17.1 Å². The summed E-state index contributed by atoms with van der Waals surface area (Å²) in [6.07, 6.45) is 1.57. The second kappa shape index (κ2) is 8.50. The Morgan fingerprint density at radius 2 is 1.90 bits per heavy atom. The van der Waals surface area contributed by atoms with Gasteiger partial charge in [0.15, 0.2) is 5.78 Å². The van der Waals surface area contributed by atoms with Gasteiger partial charge in [-0.15, -0.1) is 0 Å². The summed E-state index contributed by atoms with van der Waals surface area (Å²) in [5.74, 6) is 1.68. The largest absolute Gasteiger partial charge is 0.497 e. The first-order chi connectivity index (χ1) is 14.5. The standard InChI is InChI=1S/C21H23N5O4/c1-14(27)16-11-18(22-12-16)21(28)26-9-7-25(8-10-26)13-19-23-20(24-30-19)15-3-5-17(29-2)6-4-15/h3-6,11-12,22H,7-10,13H2,1-2H3. The maximum Gasteiger partial charge on any atom is 0.270 e. The quantitative estimate of drug-likeness (QED) is 0.623. The van der Waals surface area contributed by atoms with E-state index in [1.165, 1.54) is 6.92 Å². The molecule has 1 aromatic carbocycles. The number of aromatic amines is 1. The molecule has 0 atom stereocenters. The lowest BCUT2D eigenvalue weighted by Gasteiger charge is -2.33. The van der Waals surface area contributed by atoms with Gasteiger partial charge in [0.1, 0.15) is 11.4 Å². The molecular formula is C21H23N5O4. The molecule has 1 aliphatic rings.